The lowest BCUT2D eigenvalue weighted by atomic mass is 9.93. The molecule has 2 heteroatoms. The minimum Gasteiger partial charge on any atom is -0.330 e. The van der Waals surface area contributed by atoms with Gasteiger partial charge in [0.1, 0.15) is 0 Å². The zero-order valence-corrected chi connectivity index (χ0v) is 13.5. The predicted octanol–water partition coefficient (Wildman–Crippen LogP) is 3.07. The Kier molecular flexibility index (Phi) is 5.57. The largest absolute Gasteiger partial charge is 0.330 e. The van der Waals surface area contributed by atoms with Crippen LogP contribution in [0.1, 0.15) is 36.1 Å². The molecular weight excluding hydrogens is 232 g/mol. The highest BCUT2D eigenvalue weighted by atomic mass is 15.1. The molecule has 1 aromatic carbocycles. The molecule has 1 rings (SSSR count). The van der Waals surface area contributed by atoms with Gasteiger partial charge in [-0.05, 0) is 68.5 Å². The van der Waals surface area contributed by atoms with Crippen LogP contribution in [0.2, 0.25) is 0 Å². The molecule has 0 heterocycles. The first kappa shape index (κ1) is 16.2. The Balaban J connectivity index is 2.60. The summed E-state index contributed by atoms with van der Waals surface area (Å²) in [5, 5.41) is 0. The first-order valence-corrected chi connectivity index (χ1v) is 7.21. The van der Waals surface area contributed by atoms with Gasteiger partial charge in [-0.3, -0.25) is 0 Å². The number of nitrogens with zero attached hydrogens (tertiary/aromatic N) is 1. The van der Waals surface area contributed by atoms with Crippen LogP contribution in [0.25, 0.3) is 0 Å². The average Bonchev–Trinajstić information content (AvgIpc) is 2.34. The fourth-order valence-corrected chi connectivity index (χ4v) is 2.47. The minimum absolute atomic E-state index is 0.201. The van der Waals surface area contributed by atoms with Crippen molar-refractivity contribution in [3.8, 4) is 0 Å². The van der Waals surface area contributed by atoms with Crippen LogP contribution in [0.5, 0.6) is 0 Å². The van der Waals surface area contributed by atoms with E-state index in [-0.39, 0.29) is 5.41 Å². The highest BCUT2D eigenvalue weighted by molar-refractivity contribution is 5.38. The van der Waals surface area contributed by atoms with Crippen molar-refractivity contribution >= 4 is 0 Å². The van der Waals surface area contributed by atoms with Crippen molar-refractivity contribution in [2.75, 3.05) is 26.7 Å². The number of nitrogens with two attached hydrogens (primary N) is 1. The summed E-state index contributed by atoms with van der Waals surface area (Å²) in [4.78, 5) is 2.39. The van der Waals surface area contributed by atoms with Gasteiger partial charge in [-0.1, -0.05) is 26.0 Å². The Morgan fingerprint density at radius 3 is 2.32 bits per heavy atom. The van der Waals surface area contributed by atoms with Crippen molar-refractivity contribution in [1.82, 2.24) is 4.90 Å². The Labute approximate surface area is 119 Å². The van der Waals surface area contributed by atoms with Crippen molar-refractivity contribution in [1.29, 1.82) is 0 Å². The third-order valence-electron chi connectivity index (χ3n) is 4.18. The summed E-state index contributed by atoms with van der Waals surface area (Å²) >= 11 is 0. The van der Waals surface area contributed by atoms with Gasteiger partial charge in [-0.25, -0.2) is 0 Å². The van der Waals surface area contributed by atoms with E-state index in [0.717, 1.165) is 26.1 Å². The molecule has 1 aromatic rings. The molecule has 108 valence electrons. The van der Waals surface area contributed by atoms with E-state index in [0.29, 0.717) is 0 Å². The summed E-state index contributed by atoms with van der Waals surface area (Å²) < 4.78 is 0. The third-order valence-corrected chi connectivity index (χ3v) is 4.18. The van der Waals surface area contributed by atoms with Crippen molar-refractivity contribution in [2.45, 2.75) is 41.0 Å². The monoisotopic (exact) mass is 262 g/mol. The maximum absolute atomic E-state index is 5.80. The molecule has 2 nitrogen and oxygen atoms in total. The lowest BCUT2D eigenvalue weighted by Gasteiger charge is -2.29. The lowest BCUT2D eigenvalue weighted by molar-refractivity contribution is 0.217. The molecule has 0 saturated heterocycles. The molecule has 0 spiro atoms. The maximum atomic E-state index is 5.80. The van der Waals surface area contributed by atoms with Crippen molar-refractivity contribution in [3.05, 3.63) is 34.4 Å². The summed E-state index contributed by atoms with van der Waals surface area (Å²) in [6, 6.07) is 4.51. The van der Waals surface area contributed by atoms with Crippen LogP contribution in [0.3, 0.4) is 0 Å². The highest BCUT2D eigenvalue weighted by Crippen LogP contribution is 2.19. The van der Waals surface area contributed by atoms with Crippen LogP contribution in [-0.4, -0.2) is 31.6 Å². The normalized spacial score (nSPS) is 12.2. The smallest absolute Gasteiger partial charge is 0.00418 e. The molecule has 0 bridgehead atoms. The van der Waals surface area contributed by atoms with Gasteiger partial charge in [-0.15, -0.1) is 0 Å². The Morgan fingerprint density at radius 2 is 1.74 bits per heavy atom. The number of hydrogen-bond donors (Lipinski definition) is 1. The molecule has 0 atom stereocenters. The Hall–Kier alpha value is -0.860. The molecule has 0 amide bonds. The van der Waals surface area contributed by atoms with Gasteiger partial charge in [0.15, 0.2) is 0 Å². The van der Waals surface area contributed by atoms with Gasteiger partial charge < -0.3 is 10.6 Å². The van der Waals surface area contributed by atoms with Crippen LogP contribution in [-0.2, 0) is 6.42 Å². The van der Waals surface area contributed by atoms with Crippen LogP contribution in [0.4, 0.5) is 0 Å². The molecule has 0 aliphatic carbocycles. The molecule has 19 heavy (non-hydrogen) atoms. The van der Waals surface area contributed by atoms with Gasteiger partial charge in [0.25, 0.3) is 0 Å². The first-order valence-electron chi connectivity index (χ1n) is 7.21. The number of benzene rings is 1. The summed E-state index contributed by atoms with van der Waals surface area (Å²) in [5.74, 6) is 0. The van der Waals surface area contributed by atoms with E-state index in [2.05, 4.69) is 58.7 Å². The molecule has 0 aromatic heterocycles. The van der Waals surface area contributed by atoms with Crippen LogP contribution in [0, 0.1) is 26.2 Å². The van der Waals surface area contributed by atoms with E-state index in [1.165, 1.54) is 22.3 Å². The zero-order chi connectivity index (χ0) is 14.6. The highest BCUT2D eigenvalue weighted by Gasteiger charge is 2.17. The van der Waals surface area contributed by atoms with E-state index in [1.807, 2.05) is 0 Å². The fraction of sp³-hybridized carbons (Fsp3) is 0.647. The second kappa shape index (κ2) is 6.53. The molecule has 0 unspecified atom stereocenters. The van der Waals surface area contributed by atoms with Crippen LogP contribution >= 0.6 is 0 Å². The number of rotatable bonds is 6. The quantitative estimate of drug-likeness (QED) is 0.853. The molecule has 0 aliphatic rings. The van der Waals surface area contributed by atoms with Gasteiger partial charge in [-0.2, -0.15) is 0 Å². The first-order chi connectivity index (χ1) is 8.76. The molecule has 0 radical (unpaired) electrons. The van der Waals surface area contributed by atoms with Gasteiger partial charge in [0, 0.05) is 13.1 Å². The van der Waals surface area contributed by atoms with E-state index in [9.17, 15) is 0 Å². The second-order valence-corrected chi connectivity index (χ2v) is 6.65. The third kappa shape index (κ3) is 4.63. The van der Waals surface area contributed by atoms with Crippen molar-refractivity contribution in [2.24, 2.45) is 11.1 Å². The summed E-state index contributed by atoms with van der Waals surface area (Å²) in [5.41, 5.74) is 11.7. The maximum Gasteiger partial charge on any atom is 0.00418 e. The second-order valence-electron chi connectivity index (χ2n) is 6.65. The molecule has 0 saturated carbocycles. The topological polar surface area (TPSA) is 29.3 Å². The summed E-state index contributed by atoms with van der Waals surface area (Å²) in [6.45, 7) is 14.0. The fourth-order valence-electron chi connectivity index (χ4n) is 2.47. The average molecular weight is 262 g/mol. The Bertz CT molecular complexity index is 422. The van der Waals surface area contributed by atoms with Gasteiger partial charge >= 0.3 is 0 Å². The Morgan fingerprint density at radius 1 is 1.11 bits per heavy atom. The van der Waals surface area contributed by atoms with Crippen molar-refractivity contribution < 1.29 is 0 Å². The van der Waals surface area contributed by atoms with E-state index in [4.69, 9.17) is 5.73 Å². The molecule has 0 fully saturated rings. The number of aryl methyl sites for hydroxylation is 1. The van der Waals surface area contributed by atoms with Crippen molar-refractivity contribution in [3.63, 3.8) is 0 Å². The summed E-state index contributed by atoms with van der Waals surface area (Å²) in [6.07, 6.45) is 1.12. The summed E-state index contributed by atoms with van der Waals surface area (Å²) in [7, 11) is 2.19. The van der Waals surface area contributed by atoms with Gasteiger partial charge in [0.2, 0.25) is 0 Å². The standard InChI is InChI=1S/C17H30N2/c1-13-7-8-16(15(3)14(13)2)9-10-19(6)12-17(4,5)11-18/h7-8H,9-12,18H2,1-6H3. The molecular formula is C17H30N2. The van der Waals surface area contributed by atoms with Crippen LogP contribution in [0.15, 0.2) is 12.1 Å². The number of hydrogen-bond acceptors (Lipinski definition) is 2. The van der Waals surface area contributed by atoms with E-state index in [1.54, 1.807) is 0 Å². The molecule has 2 N–H and O–H groups in total. The van der Waals surface area contributed by atoms with E-state index < -0.39 is 0 Å². The van der Waals surface area contributed by atoms with Gasteiger partial charge in [0.05, 0.1) is 0 Å². The number of likely N-dealkylation sites (N-methyl/N-ethyl adjacent to an activating group) is 1. The van der Waals surface area contributed by atoms with E-state index >= 15 is 0 Å². The lowest BCUT2D eigenvalue weighted by Crippen LogP contribution is -2.37. The zero-order valence-electron chi connectivity index (χ0n) is 13.5. The predicted molar refractivity (Wildman–Crippen MR) is 84.7 cm³/mol. The minimum atomic E-state index is 0.201. The molecule has 0 aliphatic heterocycles. The SMILES string of the molecule is Cc1ccc(CCN(C)CC(C)(C)CN)c(C)c1C. The van der Waals surface area contributed by atoms with Crippen LogP contribution < -0.4 is 5.73 Å².